The summed E-state index contributed by atoms with van der Waals surface area (Å²) in [6, 6.07) is 8.70. The van der Waals surface area contributed by atoms with E-state index in [4.69, 9.17) is 0 Å². The molecule has 0 saturated carbocycles. The second-order valence-corrected chi connectivity index (χ2v) is 8.38. The van der Waals surface area contributed by atoms with E-state index in [0.29, 0.717) is 18.2 Å². The number of hydrogen-bond donors (Lipinski definition) is 1. The van der Waals surface area contributed by atoms with Crippen LogP contribution in [0.4, 0.5) is 0 Å². The van der Waals surface area contributed by atoms with Gasteiger partial charge in [0.05, 0.1) is 11.0 Å². The van der Waals surface area contributed by atoms with Crippen molar-refractivity contribution in [2.24, 2.45) is 0 Å². The first kappa shape index (κ1) is 15.5. The summed E-state index contributed by atoms with van der Waals surface area (Å²) in [5.41, 5.74) is 2.66. The van der Waals surface area contributed by atoms with Crippen LogP contribution in [0.5, 0.6) is 0 Å². The van der Waals surface area contributed by atoms with Gasteiger partial charge in [-0.15, -0.1) is 0 Å². The molecule has 1 heterocycles. The molecule has 1 fully saturated rings. The van der Waals surface area contributed by atoms with Crippen LogP contribution in [-0.4, -0.2) is 32.5 Å². The maximum atomic E-state index is 11.7. The van der Waals surface area contributed by atoms with Crippen molar-refractivity contribution >= 4 is 9.84 Å². The van der Waals surface area contributed by atoms with Crippen molar-refractivity contribution in [3.8, 4) is 0 Å². The van der Waals surface area contributed by atoms with Crippen LogP contribution < -0.4 is 5.32 Å². The summed E-state index contributed by atoms with van der Waals surface area (Å²) in [5, 5.41) is 3.13. The first-order valence-electron chi connectivity index (χ1n) is 7.50. The summed E-state index contributed by atoms with van der Waals surface area (Å²) in [4.78, 5) is 0. The highest BCUT2D eigenvalue weighted by molar-refractivity contribution is 7.92. The molecule has 1 aliphatic rings. The molecule has 1 aliphatic heterocycles. The van der Waals surface area contributed by atoms with Gasteiger partial charge in [0.2, 0.25) is 0 Å². The lowest BCUT2D eigenvalue weighted by atomic mass is 10.0. The van der Waals surface area contributed by atoms with Crippen LogP contribution in [0, 0.1) is 0 Å². The number of rotatable bonds is 6. The second-order valence-electron chi connectivity index (χ2n) is 5.98. The van der Waals surface area contributed by atoms with Gasteiger partial charge < -0.3 is 5.32 Å². The smallest absolute Gasteiger partial charge is 0.154 e. The Bertz CT molecular complexity index is 520. The highest BCUT2D eigenvalue weighted by Crippen LogP contribution is 2.19. The lowest BCUT2D eigenvalue weighted by Crippen LogP contribution is -2.31. The van der Waals surface area contributed by atoms with E-state index in [9.17, 15) is 8.42 Å². The molecule has 0 radical (unpaired) electrons. The Morgan fingerprint density at radius 2 is 1.95 bits per heavy atom. The fourth-order valence-electron chi connectivity index (χ4n) is 2.65. The van der Waals surface area contributed by atoms with Crippen LogP contribution in [0.1, 0.15) is 43.7 Å². The molecule has 3 nitrogen and oxygen atoms in total. The third kappa shape index (κ3) is 4.06. The minimum absolute atomic E-state index is 0.161. The van der Waals surface area contributed by atoms with Crippen LogP contribution in [0.2, 0.25) is 0 Å². The Labute approximate surface area is 122 Å². The van der Waals surface area contributed by atoms with Gasteiger partial charge in [0.1, 0.15) is 0 Å². The molecule has 0 unspecified atom stereocenters. The molecule has 0 aromatic heterocycles. The third-order valence-electron chi connectivity index (χ3n) is 4.07. The summed E-state index contributed by atoms with van der Waals surface area (Å²) in [7, 11) is -2.81. The van der Waals surface area contributed by atoms with Gasteiger partial charge in [-0.3, -0.25) is 0 Å². The normalized spacial score (nSPS) is 21.4. The Kier molecular flexibility index (Phi) is 5.22. The van der Waals surface area contributed by atoms with Crippen LogP contribution in [0.25, 0.3) is 0 Å². The monoisotopic (exact) mass is 295 g/mol. The zero-order valence-corrected chi connectivity index (χ0v) is 13.2. The van der Waals surface area contributed by atoms with E-state index in [1.165, 1.54) is 11.1 Å². The highest BCUT2D eigenvalue weighted by atomic mass is 32.2. The minimum Gasteiger partial charge on any atom is -0.315 e. The maximum absolute atomic E-state index is 11.7. The molecule has 20 heavy (non-hydrogen) atoms. The zero-order chi connectivity index (χ0) is 14.6. The fraction of sp³-hybridized carbons (Fsp3) is 0.625. The van der Waals surface area contributed by atoms with E-state index in [1.807, 2.05) is 0 Å². The SMILES string of the molecule is CC(C)c1ccc(CCNC[C@H]2CCCS2(=O)=O)cc1. The molecule has 1 N–H and O–H groups in total. The summed E-state index contributed by atoms with van der Waals surface area (Å²) in [6.45, 7) is 5.83. The lowest BCUT2D eigenvalue weighted by Gasteiger charge is -2.11. The standard InChI is InChI=1S/C16H25NO2S/c1-13(2)15-7-5-14(6-8-15)9-10-17-12-16-4-3-11-20(16,18)19/h5-8,13,16-17H,3-4,9-12H2,1-2H3/t16-/m1/s1. The van der Waals surface area contributed by atoms with Crippen LogP contribution in [0.15, 0.2) is 24.3 Å². The van der Waals surface area contributed by atoms with Crippen molar-refractivity contribution in [2.45, 2.75) is 44.3 Å². The molecular weight excluding hydrogens is 270 g/mol. The van der Waals surface area contributed by atoms with E-state index in [2.05, 4.69) is 43.4 Å². The summed E-state index contributed by atoms with van der Waals surface area (Å²) < 4.78 is 23.4. The summed E-state index contributed by atoms with van der Waals surface area (Å²) in [6.07, 6.45) is 2.59. The summed E-state index contributed by atoms with van der Waals surface area (Å²) >= 11 is 0. The highest BCUT2D eigenvalue weighted by Gasteiger charge is 2.30. The predicted octanol–water partition coefficient (Wildman–Crippen LogP) is 2.52. The van der Waals surface area contributed by atoms with E-state index < -0.39 is 9.84 Å². The van der Waals surface area contributed by atoms with Crippen molar-refractivity contribution < 1.29 is 8.42 Å². The molecule has 4 heteroatoms. The van der Waals surface area contributed by atoms with Crippen LogP contribution >= 0.6 is 0 Å². The summed E-state index contributed by atoms with van der Waals surface area (Å²) in [5.74, 6) is 0.936. The Morgan fingerprint density at radius 3 is 2.50 bits per heavy atom. The largest absolute Gasteiger partial charge is 0.315 e. The topological polar surface area (TPSA) is 46.2 Å². The van der Waals surface area contributed by atoms with E-state index in [0.717, 1.165) is 25.8 Å². The molecule has 1 atom stereocenters. The molecule has 2 rings (SSSR count). The molecule has 0 bridgehead atoms. The molecule has 0 spiro atoms. The van der Waals surface area contributed by atoms with Gasteiger partial charge in [-0.25, -0.2) is 8.42 Å². The van der Waals surface area contributed by atoms with E-state index in [1.54, 1.807) is 0 Å². The van der Waals surface area contributed by atoms with Crippen molar-refractivity contribution in [2.75, 3.05) is 18.8 Å². The first-order valence-corrected chi connectivity index (χ1v) is 9.22. The van der Waals surface area contributed by atoms with Gasteiger partial charge in [0.15, 0.2) is 9.84 Å². The van der Waals surface area contributed by atoms with Gasteiger partial charge in [-0.2, -0.15) is 0 Å². The van der Waals surface area contributed by atoms with E-state index >= 15 is 0 Å². The molecule has 1 aromatic rings. The van der Waals surface area contributed by atoms with Gasteiger partial charge in [-0.1, -0.05) is 38.1 Å². The molecule has 1 aromatic carbocycles. The number of sulfone groups is 1. The molecule has 0 aliphatic carbocycles. The second kappa shape index (κ2) is 6.72. The van der Waals surface area contributed by atoms with Gasteiger partial charge in [-0.05, 0) is 42.9 Å². The molecule has 112 valence electrons. The van der Waals surface area contributed by atoms with Crippen molar-refractivity contribution in [3.63, 3.8) is 0 Å². The number of hydrogen-bond acceptors (Lipinski definition) is 3. The van der Waals surface area contributed by atoms with Crippen molar-refractivity contribution in [1.29, 1.82) is 0 Å². The molecule has 1 saturated heterocycles. The third-order valence-corrected chi connectivity index (χ3v) is 6.35. The first-order chi connectivity index (χ1) is 9.49. The average Bonchev–Trinajstić information content (AvgIpc) is 2.74. The maximum Gasteiger partial charge on any atom is 0.154 e. The van der Waals surface area contributed by atoms with Crippen LogP contribution in [0.3, 0.4) is 0 Å². The van der Waals surface area contributed by atoms with Gasteiger partial charge in [0.25, 0.3) is 0 Å². The number of nitrogens with one attached hydrogen (secondary N) is 1. The lowest BCUT2D eigenvalue weighted by molar-refractivity contribution is 0.574. The quantitative estimate of drug-likeness (QED) is 0.820. The molecule has 0 amide bonds. The number of benzene rings is 1. The van der Waals surface area contributed by atoms with Gasteiger partial charge >= 0.3 is 0 Å². The van der Waals surface area contributed by atoms with E-state index in [-0.39, 0.29) is 5.25 Å². The zero-order valence-electron chi connectivity index (χ0n) is 12.4. The predicted molar refractivity (Wildman–Crippen MR) is 83.9 cm³/mol. The van der Waals surface area contributed by atoms with Gasteiger partial charge in [0, 0.05) is 6.54 Å². The van der Waals surface area contributed by atoms with Crippen LogP contribution in [-0.2, 0) is 16.3 Å². The average molecular weight is 295 g/mol. The Morgan fingerprint density at radius 1 is 1.25 bits per heavy atom. The minimum atomic E-state index is -2.81. The molecular formula is C16H25NO2S. The fourth-order valence-corrected chi connectivity index (χ4v) is 4.45. The van der Waals surface area contributed by atoms with Crippen molar-refractivity contribution in [1.82, 2.24) is 5.32 Å². The Balaban J connectivity index is 1.73. The van der Waals surface area contributed by atoms with Crippen molar-refractivity contribution in [3.05, 3.63) is 35.4 Å². The Hall–Kier alpha value is -0.870.